The summed E-state index contributed by atoms with van der Waals surface area (Å²) < 4.78 is 9.80. The number of carbonyl (C=O) groups excluding carboxylic acids is 1. The van der Waals surface area contributed by atoms with Crippen LogP contribution in [0, 0.1) is 6.92 Å². The minimum Gasteiger partial charge on any atom is -0.492 e. The number of ether oxygens (including phenoxy) is 1. The maximum absolute atomic E-state index is 12.1. The van der Waals surface area contributed by atoms with Crippen LogP contribution in [0.25, 0.3) is 5.69 Å². The molecular weight excluding hydrogens is 409 g/mol. The van der Waals surface area contributed by atoms with E-state index in [2.05, 4.69) is 17.7 Å². The molecule has 1 fully saturated rings. The van der Waals surface area contributed by atoms with Gasteiger partial charge in [0.05, 0.1) is 17.2 Å². The Morgan fingerprint density at radius 3 is 2.66 bits per heavy atom. The predicted octanol–water partition coefficient (Wildman–Crippen LogP) is 4.56. The third-order valence-electron chi connectivity index (χ3n) is 5.21. The summed E-state index contributed by atoms with van der Waals surface area (Å²) in [6, 6.07) is 11.6. The van der Waals surface area contributed by atoms with Crippen molar-refractivity contribution in [2.45, 2.75) is 26.3 Å². The highest BCUT2D eigenvalue weighted by atomic mass is 35.5. The zero-order valence-electron chi connectivity index (χ0n) is 16.4. The first-order chi connectivity index (χ1) is 14.0. The molecule has 4 rings (SSSR count). The smallest absolute Gasteiger partial charge is 0.249 e. The van der Waals surface area contributed by atoms with E-state index in [1.165, 1.54) is 0 Å². The quantitative estimate of drug-likeness (QED) is 0.556. The third kappa shape index (κ3) is 3.98. The van der Waals surface area contributed by atoms with E-state index in [1.54, 1.807) is 7.11 Å². The molecule has 0 unspecified atom stereocenters. The zero-order valence-corrected chi connectivity index (χ0v) is 17.9. The first kappa shape index (κ1) is 19.8. The van der Waals surface area contributed by atoms with Gasteiger partial charge in [0.2, 0.25) is 12.2 Å². The summed E-state index contributed by atoms with van der Waals surface area (Å²) in [6.07, 6.45) is 5.58. The van der Waals surface area contributed by atoms with Gasteiger partial charge in [-0.3, -0.25) is 4.79 Å². The first-order valence-corrected chi connectivity index (χ1v) is 10.2. The van der Waals surface area contributed by atoms with Gasteiger partial charge < -0.3 is 9.64 Å². The number of nitrogens with zero attached hydrogens (tertiary/aromatic N) is 3. The lowest BCUT2D eigenvalue weighted by Gasteiger charge is -2.17. The van der Waals surface area contributed by atoms with Crippen LogP contribution in [0.5, 0.6) is 5.75 Å². The van der Waals surface area contributed by atoms with E-state index in [9.17, 15) is 4.79 Å². The number of carbonyl (C=O) groups is 1. The van der Waals surface area contributed by atoms with Crippen molar-refractivity contribution in [1.29, 1.82) is 0 Å². The summed E-state index contributed by atoms with van der Waals surface area (Å²) in [5, 5.41) is 1.10. The number of aromatic nitrogens is 2. The summed E-state index contributed by atoms with van der Waals surface area (Å²) in [4.78, 5) is 13.9. The predicted molar refractivity (Wildman–Crippen MR) is 114 cm³/mol. The number of hydrogen-bond acceptors (Lipinski definition) is 2. The van der Waals surface area contributed by atoms with Crippen LogP contribution in [-0.2, 0) is 11.3 Å². The van der Waals surface area contributed by atoms with Crippen LogP contribution in [0.1, 0.15) is 24.1 Å². The highest BCUT2D eigenvalue weighted by Gasteiger charge is 2.24. The summed E-state index contributed by atoms with van der Waals surface area (Å²) in [7, 11) is 1.65. The fraction of sp³-hybridized carbons (Fsp3) is 0.273. The molecule has 1 aromatic heterocycles. The Morgan fingerprint density at radius 1 is 1.14 bits per heavy atom. The number of methoxy groups -OCH3 is 1. The average Bonchev–Trinajstić information content (AvgIpc) is 3.30. The standard InChI is InChI=1S/C22H22Cl2N3O2/c1-15-12-26(14-25(15)13-16-5-7-18(23)19(24)10-16)20-8-6-17(11-21(20)29-2)27-9-3-4-22(27)28/h5-8,10-12,14H,3-4,9,13H2,1-2H3/q+1. The Morgan fingerprint density at radius 2 is 1.97 bits per heavy atom. The lowest BCUT2D eigenvalue weighted by molar-refractivity contribution is -0.693. The molecule has 29 heavy (non-hydrogen) atoms. The zero-order chi connectivity index (χ0) is 20.5. The molecular formula is C22H22Cl2N3O2+. The van der Waals surface area contributed by atoms with Gasteiger partial charge in [-0.1, -0.05) is 29.3 Å². The van der Waals surface area contributed by atoms with Crippen LogP contribution in [0.15, 0.2) is 48.9 Å². The molecule has 1 aliphatic heterocycles. The SMILES string of the molecule is COc1cc(N2CCCC2=O)ccc1-n1cc(C)[n+](Cc2ccc(Cl)c(Cl)c2)c1. The summed E-state index contributed by atoms with van der Waals surface area (Å²) in [5.41, 5.74) is 3.96. The molecule has 0 aliphatic carbocycles. The number of rotatable bonds is 5. The van der Waals surface area contributed by atoms with Gasteiger partial charge in [0.15, 0.2) is 11.4 Å². The molecule has 1 aliphatic rings. The lowest BCUT2D eigenvalue weighted by Crippen LogP contribution is -2.35. The second-order valence-corrected chi connectivity index (χ2v) is 7.99. The number of hydrogen-bond donors (Lipinski definition) is 0. The Hall–Kier alpha value is -2.50. The molecule has 150 valence electrons. The third-order valence-corrected chi connectivity index (χ3v) is 5.95. The van der Waals surface area contributed by atoms with Crippen LogP contribution in [0.4, 0.5) is 5.69 Å². The molecule has 5 nitrogen and oxygen atoms in total. The van der Waals surface area contributed by atoms with Crippen molar-refractivity contribution in [1.82, 2.24) is 4.57 Å². The van der Waals surface area contributed by atoms with Crippen molar-refractivity contribution in [3.8, 4) is 11.4 Å². The molecule has 1 saturated heterocycles. The highest BCUT2D eigenvalue weighted by Crippen LogP contribution is 2.31. The molecule has 0 saturated carbocycles. The fourth-order valence-electron chi connectivity index (χ4n) is 3.65. The number of halogens is 2. The normalized spacial score (nSPS) is 13.9. The first-order valence-electron chi connectivity index (χ1n) is 9.47. The van der Waals surface area contributed by atoms with E-state index in [1.807, 2.05) is 52.2 Å². The Balaban J connectivity index is 1.64. The van der Waals surface area contributed by atoms with Gasteiger partial charge in [0, 0.05) is 31.6 Å². The van der Waals surface area contributed by atoms with E-state index in [-0.39, 0.29) is 5.91 Å². The summed E-state index contributed by atoms with van der Waals surface area (Å²) in [6.45, 7) is 3.49. The maximum atomic E-state index is 12.1. The van der Waals surface area contributed by atoms with Gasteiger partial charge in [0.1, 0.15) is 18.4 Å². The largest absolute Gasteiger partial charge is 0.492 e. The van der Waals surface area contributed by atoms with Crippen molar-refractivity contribution in [2.75, 3.05) is 18.6 Å². The van der Waals surface area contributed by atoms with E-state index in [4.69, 9.17) is 27.9 Å². The second kappa shape index (κ2) is 8.09. The van der Waals surface area contributed by atoms with Gasteiger partial charge in [-0.15, -0.1) is 0 Å². The van der Waals surface area contributed by atoms with Crippen LogP contribution < -0.4 is 14.2 Å². The minimum atomic E-state index is 0.163. The maximum Gasteiger partial charge on any atom is 0.249 e. The van der Waals surface area contributed by atoms with Crippen LogP contribution in [0.3, 0.4) is 0 Å². The molecule has 0 spiro atoms. The number of imidazole rings is 1. The van der Waals surface area contributed by atoms with Crippen molar-refractivity contribution < 1.29 is 14.1 Å². The molecule has 2 aromatic carbocycles. The van der Waals surface area contributed by atoms with Gasteiger partial charge in [-0.25, -0.2) is 4.57 Å². The molecule has 0 atom stereocenters. The Kier molecular flexibility index (Phi) is 5.52. The van der Waals surface area contributed by atoms with Gasteiger partial charge >= 0.3 is 0 Å². The van der Waals surface area contributed by atoms with E-state index >= 15 is 0 Å². The molecule has 0 bridgehead atoms. The minimum absolute atomic E-state index is 0.163. The number of amides is 1. The fourth-order valence-corrected chi connectivity index (χ4v) is 3.97. The Bertz CT molecular complexity index is 1080. The second-order valence-electron chi connectivity index (χ2n) is 7.17. The van der Waals surface area contributed by atoms with E-state index < -0.39 is 0 Å². The highest BCUT2D eigenvalue weighted by molar-refractivity contribution is 6.42. The van der Waals surface area contributed by atoms with Crippen LogP contribution >= 0.6 is 23.2 Å². The van der Waals surface area contributed by atoms with Crippen molar-refractivity contribution in [2.24, 2.45) is 0 Å². The molecule has 0 N–H and O–H groups in total. The number of benzene rings is 2. The number of aryl methyl sites for hydroxylation is 1. The summed E-state index contributed by atoms with van der Waals surface area (Å²) >= 11 is 12.2. The van der Waals surface area contributed by atoms with Crippen LogP contribution in [0.2, 0.25) is 10.0 Å². The monoisotopic (exact) mass is 430 g/mol. The van der Waals surface area contributed by atoms with Crippen molar-refractivity contribution in [3.63, 3.8) is 0 Å². The average molecular weight is 431 g/mol. The van der Waals surface area contributed by atoms with Crippen LogP contribution in [-0.4, -0.2) is 24.1 Å². The Labute approximate surface area is 180 Å². The number of anilines is 1. The van der Waals surface area contributed by atoms with E-state index in [0.717, 1.165) is 41.3 Å². The van der Waals surface area contributed by atoms with Crippen molar-refractivity contribution >= 4 is 34.8 Å². The molecule has 3 aromatic rings. The van der Waals surface area contributed by atoms with Gasteiger partial charge in [-0.05, 0) is 36.2 Å². The molecule has 7 heteroatoms. The molecule has 0 radical (unpaired) electrons. The molecule has 1 amide bonds. The lowest BCUT2D eigenvalue weighted by atomic mass is 10.2. The van der Waals surface area contributed by atoms with Gasteiger partial charge in [0.25, 0.3) is 0 Å². The topological polar surface area (TPSA) is 38.4 Å². The van der Waals surface area contributed by atoms with Gasteiger partial charge in [-0.2, -0.15) is 4.57 Å². The van der Waals surface area contributed by atoms with E-state index in [0.29, 0.717) is 23.0 Å². The molecule has 2 heterocycles. The van der Waals surface area contributed by atoms with Crippen molar-refractivity contribution in [3.05, 3.63) is 70.2 Å². The summed E-state index contributed by atoms with van der Waals surface area (Å²) in [5.74, 6) is 0.884.